The van der Waals surface area contributed by atoms with E-state index in [-0.39, 0.29) is 23.8 Å². The van der Waals surface area contributed by atoms with Gasteiger partial charge in [-0.15, -0.1) is 0 Å². The lowest BCUT2D eigenvalue weighted by Crippen LogP contribution is -2.29. The van der Waals surface area contributed by atoms with Gasteiger partial charge in [0.05, 0.1) is 18.8 Å². The lowest BCUT2D eigenvalue weighted by molar-refractivity contribution is 0.0963. The van der Waals surface area contributed by atoms with Gasteiger partial charge in [-0.05, 0) is 24.3 Å². The average Bonchev–Trinajstić information content (AvgIpc) is 3.26. The van der Waals surface area contributed by atoms with Crippen molar-refractivity contribution in [2.75, 3.05) is 43.1 Å². The molecule has 2 fully saturated rings. The average molecular weight is 404 g/mol. The standard InChI is InChI=1S/C19H18F2N4O4/c1-23-6-7-24(18(23)27)15-5-2-11(8-22-15)13-3-4-14(17(21)16(13)20)25-9-12(10-26)29-19(25)28/h2-5,8,12,26H,6-7,9-10H2,1H3/t12-/m1/s1. The van der Waals surface area contributed by atoms with E-state index in [0.29, 0.717) is 24.5 Å². The highest BCUT2D eigenvalue weighted by Gasteiger charge is 2.34. The molecular weight excluding hydrogens is 386 g/mol. The van der Waals surface area contributed by atoms with E-state index in [1.54, 1.807) is 24.1 Å². The van der Waals surface area contributed by atoms with Gasteiger partial charge < -0.3 is 14.7 Å². The Morgan fingerprint density at radius 2 is 1.93 bits per heavy atom. The molecule has 4 rings (SSSR count). The van der Waals surface area contributed by atoms with Crippen molar-refractivity contribution in [3.8, 4) is 11.1 Å². The Labute approximate surface area is 164 Å². The molecule has 0 aliphatic carbocycles. The maximum absolute atomic E-state index is 14.7. The minimum absolute atomic E-state index is 0.0264. The van der Waals surface area contributed by atoms with Crippen LogP contribution in [0.4, 0.5) is 29.9 Å². The second-order valence-electron chi connectivity index (χ2n) is 6.82. The largest absolute Gasteiger partial charge is 0.441 e. The number of ether oxygens (including phenoxy) is 1. The number of rotatable bonds is 4. The normalized spacial score (nSPS) is 19.3. The molecule has 1 atom stereocenters. The molecular formula is C19H18F2N4O4. The number of likely N-dealkylation sites (N-methyl/N-ethyl adjacent to an activating group) is 1. The molecule has 2 saturated heterocycles. The summed E-state index contributed by atoms with van der Waals surface area (Å²) < 4.78 is 34.2. The van der Waals surface area contributed by atoms with Crippen molar-refractivity contribution in [2.45, 2.75) is 6.10 Å². The van der Waals surface area contributed by atoms with E-state index in [2.05, 4.69) is 4.98 Å². The van der Waals surface area contributed by atoms with Gasteiger partial charge in [0.2, 0.25) is 0 Å². The van der Waals surface area contributed by atoms with Crippen LogP contribution in [-0.4, -0.2) is 66.5 Å². The van der Waals surface area contributed by atoms with Crippen molar-refractivity contribution in [3.05, 3.63) is 42.1 Å². The summed E-state index contributed by atoms with van der Waals surface area (Å²) in [4.78, 5) is 32.1. The summed E-state index contributed by atoms with van der Waals surface area (Å²) in [5, 5.41) is 9.09. The zero-order chi connectivity index (χ0) is 20.7. The SMILES string of the molecule is CN1CCN(c2ccc(-c3ccc(N4C[C@H](CO)OC4=O)c(F)c3F)cn2)C1=O. The van der Waals surface area contributed by atoms with Gasteiger partial charge in [-0.1, -0.05) is 0 Å². The van der Waals surface area contributed by atoms with Crippen molar-refractivity contribution in [1.82, 2.24) is 9.88 Å². The number of halogens is 2. The summed E-state index contributed by atoms with van der Waals surface area (Å²) in [5.74, 6) is -1.90. The van der Waals surface area contributed by atoms with Gasteiger partial charge in [-0.3, -0.25) is 9.80 Å². The predicted octanol–water partition coefficient (Wildman–Crippen LogP) is 2.22. The van der Waals surface area contributed by atoms with E-state index in [0.717, 1.165) is 4.90 Å². The summed E-state index contributed by atoms with van der Waals surface area (Å²) in [6.07, 6.45) is -0.264. The van der Waals surface area contributed by atoms with Crippen LogP contribution in [0.2, 0.25) is 0 Å². The van der Waals surface area contributed by atoms with Gasteiger partial charge >= 0.3 is 12.1 Å². The third-order valence-electron chi connectivity index (χ3n) is 4.98. The van der Waals surface area contributed by atoms with Crippen LogP contribution in [0.25, 0.3) is 11.1 Å². The lowest BCUT2D eigenvalue weighted by Gasteiger charge is -2.17. The fourth-order valence-corrected chi connectivity index (χ4v) is 3.35. The highest BCUT2D eigenvalue weighted by molar-refractivity contribution is 5.93. The molecule has 2 aromatic rings. The number of amides is 3. The molecule has 1 aromatic heterocycles. The van der Waals surface area contributed by atoms with E-state index >= 15 is 0 Å². The summed E-state index contributed by atoms with van der Waals surface area (Å²) in [7, 11) is 1.69. The van der Waals surface area contributed by atoms with Crippen LogP contribution in [0.15, 0.2) is 30.5 Å². The molecule has 0 spiro atoms. The van der Waals surface area contributed by atoms with Gasteiger partial charge in [0.15, 0.2) is 11.6 Å². The number of aromatic nitrogens is 1. The molecule has 8 nitrogen and oxygen atoms in total. The first-order valence-electron chi connectivity index (χ1n) is 8.96. The number of carbonyl (C=O) groups excluding carboxylic acids is 2. The monoisotopic (exact) mass is 404 g/mol. The van der Waals surface area contributed by atoms with Crippen LogP contribution in [0.3, 0.4) is 0 Å². The molecule has 1 N–H and O–H groups in total. The van der Waals surface area contributed by atoms with E-state index in [9.17, 15) is 18.4 Å². The fraction of sp³-hybridized carbons (Fsp3) is 0.316. The Kier molecular flexibility index (Phi) is 4.79. The Morgan fingerprint density at radius 3 is 2.52 bits per heavy atom. The maximum atomic E-state index is 14.7. The number of nitrogens with zero attached hydrogens (tertiary/aromatic N) is 4. The van der Waals surface area contributed by atoms with Crippen molar-refractivity contribution >= 4 is 23.6 Å². The lowest BCUT2D eigenvalue weighted by atomic mass is 10.1. The molecule has 10 heteroatoms. The number of carbonyl (C=O) groups is 2. The summed E-state index contributed by atoms with van der Waals surface area (Å²) in [6, 6.07) is 5.57. The van der Waals surface area contributed by atoms with Crippen LogP contribution in [-0.2, 0) is 4.74 Å². The number of hydrogen-bond acceptors (Lipinski definition) is 5. The van der Waals surface area contributed by atoms with Crippen LogP contribution < -0.4 is 9.80 Å². The highest BCUT2D eigenvalue weighted by atomic mass is 19.2. The summed E-state index contributed by atoms with van der Waals surface area (Å²) in [5.41, 5.74) is 0.0397. The molecule has 152 valence electrons. The number of aliphatic hydroxyl groups excluding tert-OH is 1. The fourth-order valence-electron chi connectivity index (χ4n) is 3.35. The van der Waals surface area contributed by atoms with Crippen molar-refractivity contribution < 1.29 is 28.2 Å². The maximum Gasteiger partial charge on any atom is 0.414 e. The molecule has 29 heavy (non-hydrogen) atoms. The first-order valence-corrected chi connectivity index (χ1v) is 8.96. The number of pyridine rings is 1. The Morgan fingerprint density at radius 1 is 1.14 bits per heavy atom. The predicted molar refractivity (Wildman–Crippen MR) is 99.7 cm³/mol. The number of urea groups is 1. The molecule has 0 bridgehead atoms. The van der Waals surface area contributed by atoms with Crippen LogP contribution in [0.1, 0.15) is 0 Å². The summed E-state index contributed by atoms with van der Waals surface area (Å²) >= 11 is 0. The van der Waals surface area contributed by atoms with Crippen molar-refractivity contribution in [2.24, 2.45) is 0 Å². The molecule has 0 radical (unpaired) electrons. The Bertz CT molecular complexity index is 969. The number of aliphatic hydroxyl groups is 1. The minimum atomic E-state index is -1.20. The first-order chi connectivity index (χ1) is 13.9. The second-order valence-corrected chi connectivity index (χ2v) is 6.82. The highest BCUT2D eigenvalue weighted by Crippen LogP contribution is 2.32. The van der Waals surface area contributed by atoms with E-state index < -0.39 is 30.4 Å². The third-order valence-corrected chi connectivity index (χ3v) is 4.98. The van der Waals surface area contributed by atoms with E-state index in [1.807, 2.05) is 0 Å². The first kappa shape index (κ1) is 19.1. The number of benzene rings is 1. The second kappa shape index (κ2) is 7.28. The Hall–Kier alpha value is -3.27. The molecule has 2 aliphatic heterocycles. The molecule has 3 amide bonds. The van der Waals surface area contributed by atoms with Gasteiger partial charge in [-0.2, -0.15) is 0 Å². The van der Waals surface area contributed by atoms with Crippen molar-refractivity contribution in [3.63, 3.8) is 0 Å². The van der Waals surface area contributed by atoms with Crippen molar-refractivity contribution in [1.29, 1.82) is 0 Å². The van der Waals surface area contributed by atoms with E-state index in [4.69, 9.17) is 9.84 Å². The quantitative estimate of drug-likeness (QED) is 0.845. The van der Waals surface area contributed by atoms with Crippen LogP contribution >= 0.6 is 0 Å². The van der Waals surface area contributed by atoms with Crippen LogP contribution in [0, 0.1) is 11.6 Å². The molecule has 3 heterocycles. The number of cyclic esters (lactones) is 1. The zero-order valence-electron chi connectivity index (χ0n) is 15.5. The summed E-state index contributed by atoms with van der Waals surface area (Å²) in [6.45, 7) is 0.608. The smallest absolute Gasteiger partial charge is 0.414 e. The zero-order valence-corrected chi connectivity index (χ0v) is 15.5. The van der Waals surface area contributed by atoms with Gasteiger partial charge in [0.25, 0.3) is 0 Å². The number of hydrogen-bond donors (Lipinski definition) is 1. The van der Waals surface area contributed by atoms with Crippen LogP contribution in [0.5, 0.6) is 0 Å². The van der Waals surface area contributed by atoms with Gasteiger partial charge in [0.1, 0.15) is 11.9 Å². The Balaban J connectivity index is 1.60. The third kappa shape index (κ3) is 3.25. The minimum Gasteiger partial charge on any atom is -0.441 e. The molecule has 0 saturated carbocycles. The molecule has 0 unspecified atom stereocenters. The number of anilines is 2. The molecule has 2 aliphatic rings. The molecule has 1 aromatic carbocycles. The van der Waals surface area contributed by atoms with E-state index in [1.165, 1.54) is 23.2 Å². The van der Waals surface area contributed by atoms with Gasteiger partial charge in [0, 0.05) is 37.5 Å². The van der Waals surface area contributed by atoms with Gasteiger partial charge in [-0.25, -0.2) is 23.4 Å². The topological polar surface area (TPSA) is 86.2 Å².